The maximum Gasteiger partial charge on any atom is 0.156 e. The number of pyridine rings is 1. The monoisotopic (exact) mass is 309 g/mol. The standard InChI is InChI=1S/C13H13BrFN3/c1-2-18(11-5-3-10(15)4-6-11)13-12(16)7-9(14)8-17-13/h3-8H,2,16H2,1H3. The van der Waals surface area contributed by atoms with E-state index >= 15 is 0 Å². The van der Waals surface area contributed by atoms with Crippen LogP contribution < -0.4 is 10.6 Å². The van der Waals surface area contributed by atoms with Gasteiger partial charge in [0.25, 0.3) is 0 Å². The fourth-order valence-electron chi connectivity index (χ4n) is 1.75. The van der Waals surface area contributed by atoms with Crippen molar-refractivity contribution in [2.24, 2.45) is 0 Å². The Morgan fingerprint density at radius 2 is 2.00 bits per heavy atom. The van der Waals surface area contributed by atoms with Crippen molar-refractivity contribution >= 4 is 33.1 Å². The maximum atomic E-state index is 12.9. The fraction of sp³-hybridized carbons (Fsp3) is 0.154. The summed E-state index contributed by atoms with van der Waals surface area (Å²) in [7, 11) is 0. The van der Waals surface area contributed by atoms with Crippen LogP contribution in [0.25, 0.3) is 0 Å². The molecule has 0 saturated carbocycles. The van der Waals surface area contributed by atoms with E-state index in [1.54, 1.807) is 24.4 Å². The van der Waals surface area contributed by atoms with Crippen molar-refractivity contribution < 1.29 is 4.39 Å². The van der Waals surface area contributed by atoms with Crippen molar-refractivity contribution in [3.8, 4) is 0 Å². The predicted octanol–water partition coefficient (Wildman–Crippen LogP) is 3.72. The van der Waals surface area contributed by atoms with Gasteiger partial charge in [0.15, 0.2) is 5.82 Å². The van der Waals surface area contributed by atoms with Crippen molar-refractivity contribution in [2.45, 2.75) is 6.92 Å². The molecule has 1 aromatic heterocycles. The largest absolute Gasteiger partial charge is 0.396 e. The fourth-order valence-corrected chi connectivity index (χ4v) is 2.10. The van der Waals surface area contributed by atoms with Gasteiger partial charge in [-0.2, -0.15) is 0 Å². The van der Waals surface area contributed by atoms with Gasteiger partial charge in [-0.3, -0.25) is 0 Å². The first-order chi connectivity index (χ1) is 8.61. The van der Waals surface area contributed by atoms with Gasteiger partial charge in [-0.15, -0.1) is 0 Å². The van der Waals surface area contributed by atoms with Crippen LogP contribution in [0.5, 0.6) is 0 Å². The highest BCUT2D eigenvalue weighted by Gasteiger charge is 2.12. The third-order valence-corrected chi connectivity index (χ3v) is 3.01. The van der Waals surface area contributed by atoms with Crippen LogP contribution in [0.1, 0.15) is 6.92 Å². The van der Waals surface area contributed by atoms with Gasteiger partial charge in [0.2, 0.25) is 0 Å². The molecule has 1 heterocycles. The SMILES string of the molecule is CCN(c1ccc(F)cc1)c1ncc(Br)cc1N. The number of halogens is 2. The molecule has 3 nitrogen and oxygen atoms in total. The highest BCUT2D eigenvalue weighted by molar-refractivity contribution is 9.10. The molecular weight excluding hydrogens is 297 g/mol. The average Bonchev–Trinajstić information content (AvgIpc) is 2.35. The summed E-state index contributed by atoms with van der Waals surface area (Å²) in [5, 5.41) is 0. The molecule has 0 radical (unpaired) electrons. The highest BCUT2D eigenvalue weighted by Crippen LogP contribution is 2.29. The minimum absolute atomic E-state index is 0.258. The van der Waals surface area contributed by atoms with E-state index in [0.29, 0.717) is 18.1 Å². The molecule has 0 spiro atoms. The first-order valence-corrected chi connectivity index (χ1v) is 6.35. The Kier molecular flexibility index (Phi) is 3.81. The van der Waals surface area contributed by atoms with E-state index in [0.717, 1.165) is 10.2 Å². The summed E-state index contributed by atoms with van der Waals surface area (Å²) in [5.41, 5.74) is 7.40. The van der Waals surface area contributed by atoms with Gasteiger partial charge in [-0.25, -0.2) is 9.37 Å². The number of aromatic nitrogens is 1. The molecule has 2 N–H and O–H groups in total. The zero-order valence-electron chi connectivity index (χ0n) is 9.90. The number of hydrogen-bond acceptors (Lipinski definition) is 3. The molecular formula is C13H13BrFN3. The molecule has 0 fully saturated rings. The highest BCUT2D eigenvalue weighted by atomic mass is 79.9. The number of rotatable bonds is 3. The van der Waals surface area contributed by atoms with Crippen LogP contribution in [0, 0.1) is 5.82 Å². The number of nitrogens with zero attached hydrogens (tertiary/aromatic N) is 2. The van der Waals surface area contributed by atoms with Crippen LogP contribution >= 0.6 is 15.9 Å². The number of nitrogens with two attached hydrogens (primary N) is 1. The second-order valence-electron chi connectivity index (χ2n) is 3.79. The summed E-state index contributed by atoms with van der Waals surface area (Å²) in [4.78, 5) is 6.24. The lowest BCUT2D eigenvalue weighted by Gasteiger charge is -2.23. The molecule has 94 valence electrons. The average molecular weight is 310 g/mol. The summed E-state index contributed by atoms with van der Waals surface area (Å²) in [6.07, 6.45) is 1.69. The second kappa shape index (κ2) is 5.35. The van der Waals surface area contributed by atoms with Crippen molar-refractivity contribution in [1.82, 2.24) is 4.98 Å². The number of nitrogen functional groups attached to an aromatic ring is 1. The quantitative estimate of drug-likeness (QED) is 0.939. The Bertz CT molecular complexity index is 542. The molecule has 2 aromatic rings. The molecule has 18 heavy (non-hydrogen) atoms. The minimum Gasteiger partial charge on any atom is -0.396 e. The third-order valence-electron chi connectivity index (χ3n) is 2.57. The number of anilines is 3. The van der Waals surface area contributed by atoms with E-state index in [1.165, 1.54) is 12.1 Å². The summed E-state index contributed by atoms with van der Waals surface area (Å²) >= 11 is 3.32. The van der Waals surface area contributed by atoms with Crippen LogP contribution in [0.4, 0.5) is 21.6 Å². The number of hydrogen-bond donors (Lipinski definition) is 1. The molecule has 0 saturated heterocycles. The molecule has 0 aliphatic rings. The summed E-state index contributed by atoms with van der Waals surface area (Å²) < 4.78 is 13.8. The normalized spacial score (nSPS) is 10.4. The van der Waals surface area contributed by atoms with Gasteiger partial charge in [0, 0.05) is 22.9 Å². The van der Waals surface area contributed by atoms with E-state index in [-0.39, 0.29) is 5.82 Å². The van der Waals surface area contributed by atoms with Crippen molar-refractivity contribution in [1.29, 1.82) is 0 Å². The molecule has 0 amide bonds. The van der Waals surface area contributed by atoms with Gasteiger partial charge < -0.3 is 10.6 Å². The summed E-state index contributed by atoms with van der Waals surface area (Å²) in [6.45, 7) is 2.69. The first-order valence-electron chi connectivity index (χ1n) is 5.56. The Morgan fingerprint density at radius 3 is 2.56 bits per heavy atom. The zero-order valence-corrected chi connectivity index (χ0v) is 11.5. The Labute approximate surface area is 114 Å². The zero-order chi connectivity index (χ0) is 13.1. The third kappa shape index (κ3) is 2.61. The van der Waals surface area contributed by atoms with E-state index in [1.807, 2.05) is 11.8 Å². The van der Waals surface area contributed by atoms with Gasteiger partial charge in [0.05, 0.1) is 5.69 Å². The summed E-state index contributed by atoms with van der Waals surface area (Å²) in [6, 6.07) is 8.07. The smallest absolute Gasteiger partial charge is 0.156 e. The Balaban J connectivity index is 2.41. The molecule has 0 atom stereocenters. The Morgan fingerprint density at radius 1 is 1.33 bits per heavy atom. The molecule has 0 bridgehead atoms. The topological polar surface area (TPSA) is 42.2 Å². The van der Waals surface area contributed by atoms with Crippen LogP contribution in [-0.2, 0) is 0 Å². The van der Waals surface area contributed by atoms with Crippen LogP contribution in [-0.4, -0.2) is 11.5 Å². The van der Waals surface area contributed by atoms with Crippen LogP contribution in [0.3, 0.4) is 0 Å². The van der Waals surface area contributed by atoms with Crippen molar-refractivity contribution in [2.75, 3.05) is 17.2 Å². The lowest BCUT2D eigenvalue weighted by Crippen LogP contribution is -2.18. The van der Waals surface area contributed by atoms with E-state index in [9.17, 15) is 4.39 Å². The van der Waals surface area contributed by atoms with E-state index < -0.39 is 0 Å². The number of benzene rings is 1. The van der Waals surface area contributed by atoms with Gasteiger partial charge in [-0.05, 0) is 53.2 Å². The molecule has 1 aromatic carbocycles. The molecule has 2 rings (SSSR count). The van der Waals surface area contributed by atoms with Gasteiger partial charge in [0.1, 0.15) is 5.82 Å². The molecule has 0 unspecified atom stereocenters. The van der Waals surface area contributed by atoms with Gasteiger partial charge in [-0.1, -0.05) is 0 Å². The first kappa shape index (κ1) is 12.8. The molecule has 5 heteroatoms. The van der Waals surface area contributed by atoms with Crippen LogP contribution in [0.2, 0.25) is 0 Å². The lowest BCUT2D eigenvalue weighted by molar-refractivity contribution is 0.628. The molecule has 0 aliphatic heterocycles. The molecule has 0 aliphatic carbocycles. The van der Waals surface area contributed by atoms with Crippen molar-refractivity contribution in [3.63, 3.8) is 0 Å². The predicted molar refractivity (Wildman–Crippen MR) is 75.4 cm³/mol. The lowest BCUT2D eigenvalue weighted by atomic mass is 10.2. The Hall–Kier alpha value is -1.62. The second-order valence-corrected chi connectivity index (χ2v) is 4.70. The maximum absolute atomic E-state index is 12.9. The summed E-state index contributed by atoms with van der Waals surface area (Å²) in [5.74, 6) is 0.416. The van der Waals surface area contributed by atoms with Crippen molar-refractivity contribution in [3.05, 3.63) is 46.8 Å². The van der Waals surface area contributed by atoms with E-state index in [2.05, 4.69) is 20.9 Å². The van der Waals surface area contributed by atoms with E-state index in [4.69, 9.17) is 5.73 Å². The minimum atomic E-state index is -0.258. The van der Waals surface area contributed by atoms with Crippen LogP contribution in [0.15, 0.2) is 41.0 Å². The van der Waals surface area contributed by atoms with Gasteiger partial charge >= 0.3 is 0 Å².